The van der Waals surface area contributed by atoms with Crippen LogP contribution in [0.1, 0.15) is 59.5 Å². The van der Waals surface area contributed by atoms with E-state index in [4.69, 9.17) is 9.57 Å². The molecule has 3 rings (SSSR count). The molecule has 1 unspecified atom stereocenters. The summed E-state index contributed by atoms with van der Waals surface area (Å²) < 4.78 is 44.1. The van der Waals surface area contributed by atoms with Crippen molar-refractivity contribution in [3.8, 4) is 0 Å². The van der Waals surface area contributed by atoms with Crippen LogP contribution < -0.4 is 5.32 Å². The minimum absolute atomic E-state index is 0.0108. The van der Waals surface area contributed by atoms with Crippen LogP contribution in [0.25, 0.3) is 0 Å². The molecule has 0 fully saturated rings. The predicted molar refractivity (Wildman–Crippen MR) is 111 cm³/mol. The number of fused-ring (bicyclic) bond motifs is 1. The number of imide groups is 1. The molecule has 0 aliphatic carbocycles. The van der Waals surface area contributed by atoms with Crippen molar-refractivity contribution in [1.29, 1.82) is 0 Å². The second-order valence-electron chi connectivity index (χ2n) is 8.66. The van der Waals surface area contributed by atoms with Crippen molar-refractivity contribution in [3.05, 3.63) is 70.8 Å². The van der Waals surface area contributed by atoms with Crippen LogP contribution in [0.5, 0.6) is 0 Å². The number of carbonyl (C=O) groups is 4. The summed E-state index contributed by atoms with van der Waals surface area (Å²) >= 11 is 0. The summed E-state index contributed by atoms with van der Waals surface area (Å²) in [5.74, 6) is -3.10. The Morgan fingerprint density at radius 3 is 1.74 bits per heavy atom. The van der Waals surface area contributed by atoms with Gasteiger partial charge in [-0.3, -0.25) is 9.59 Å². The summed E-state index contributed by atoms with van der Waals surface area (Å²) in [5, 5.41) is 2.52. The Bertz CT molecular complexity index is 1120. The Balaban J connectivity index is 1.95. The van der Waals surface area contributed by atoms with Crippen LogP contribution in [-0.2, 0) is 26.1 Å². The molecule has 0 saturated heterocycles. The van der Waals surface area contributed by atoms with Gasteiger partial charge >= 0.3 is 18.2 Å². The number of carbonyl (C=O) groups excluding carboxylic acids is 4. The van der Waals surface area contributed by atoms with Gasteiger partial charge in [0.2, 0.25) is 0 Å². The van der Waals surface area contributed by atoms with Gasteiger partial charge in [-0.1, -0.05) is 29.3 Å². The summed E-state index contributed by atoms with van der Waals surface area (Å²) in [4.78, 5) is 55.8. The molecule has 1 N–H and O–H groups in total. The van der Waals surface area contributed by atoms with Crippen molar-refractivity contribution < 1.29 is 41.9 Å². The topological polar surface area (TPSA) is 102 Å². The number of benzene rings is 2. The zero-order valence-electron chi connectivity index (χ0n) is 18.6. The normalized spacial score (nSPS) is 15.4. The highest BCUT2D eigenvalue weighted by Crippen LogP contribution is 2.32. The Labute approximate surface area is 192 Å². The monoisotopic (exact) mass is 478 g/mol. The van der Waals surface area contributed by atoms with Crippen LogP contribution in [0.4, 0.5) is 18.0 Å². The van der Waals surface area contributed by atoms with E-state index in [2.05, 4.69) is 5.32 Å². The summed E-state index contributed by atoms with van der Waals surface area (Å²) in [5.41, 5.74) is -4.15. The average Bonchev–Trinajstić information content (AvgIpc) is 2.97. The molecule has 1 aliphatic heterocycles. The quantitative estimate of drug-likeness (QED) is 0.661. The first kappa shape index (κ1) is 24.7. The summed E-state index contributed by atoms with van der Waals surface area (Å²) in [6.07, 6.45) is -5.71. The van der Waals surface area contributed by atoms with Gasteiger partial charge in [-0.15, -0.1) is 0 Å². The lowest BCUT2D eigenvalue weighted by Gasteiger charge is -2.31. The van der Waals surface area contributed by atoms with Gasteiger partial charge in [0.05, 0.1) is 16.7 Å². The Kier molecular flexibility index (Phi) is 6.17. The van der Waals surface area contributed by atoms with Gasteiger partial charge in [0, 0.05) is 0 Å². The van der Waals surface area contributed by atoms with Crippen LogP contribution in [0, 0.1) is 0 Å². The third kappa shape index (κ3) is 4.87. The first-order valence-electron chi connectivity index (χ1n) is 10.0. The molecule has 0 spiro atoms. The molecule has 0 radical (unpaired) electrons. The number of alkyl halides is 3. The third-order valence-corrected chi connectivity index (χ3v) is 4.88. The molecule has 2 aromatic carbocycles. The van der Waals surface area contributed by atoms with E-state index in [1.54, 1.807) is 20.8 Å². The molecular formula is C23H21F3N2O6. The minimum atomic E-state index is -4.63. The smallest absolute Gasteiger partial charge is 0.416 e. The summed E-state index contributed by atoms with van der Waals surface area (Å²) in [6.45, 7) is 5.86. The highest BCUT2D eigenvalue weighted by atomic mass is 19.4. The van der Waals surface area contributed by atoms with Crippen LogP contribution in [0.2, 0.25) is 0 Å². The van der Waals surface area contributed by atoms with Gasteiger partial charge in [0.15, 0.2) is 5.54 Å². The van der Waals surface area contributed by atoms with Gasteiger partial charge < -0.3 is 14.9 Å². The van der Waals surface area contributed by atoms with Crippen molar-refractivity contribution in [3.63, 3.8) is 0 Å². The predicted octanol–water partition coefficient (Wildman–Crippen LogP) is 4.20. The SMILES string of the molecule is CC(C)(C)OC(=O)NC(C)(C(=O)ON1C(=O)c2ccccc2C1=O)c1ccc(C(F)(F)F)cc1. The number of alkyl carbamates (subject to hydrolysis) is 1. The molecule has 0 aromatic heterocycles. The number of nitrogens with one attached hydrogen (secondary N) is 1. The zero-order valence-corrected chi connectivity index (χ0v) is 18.6. The number of halogens is 3. The molecule has 1 heterocycles. The van der Waals surface area contributed by atoms with Gasteiger partial charge in [-0.25, -0.2) is 9.59 Å². The first-order chi connectivity index (χ1) is 15.6. The van der Waals surface area contributed by atoms with E-state index < -0.39 is 46.8 Å². The molecule has 1 atom stereocenters. The Hall–Kier alpha value is -3.89. The lowest BCUT2D eigenvalue weighted by Crippen LogP contribution is -2.53. The lowest BCUT2D eigenvalue weighted by atomic mass is 9.91. The standard InChI is InChI=1S/C23H21F3N2O6/c1-21(2,3)33-20(32)27-22(4,13-9-11-14(12-10-13)23(24,25)26)19(31)34-28-17(29)15-7-5-6-8-16(15)18(28)30/h5-12H,1-4H3,(H,27,32). The first-order valence-corrected chi connectivity index (χ1v) is 10.0. The maximum absolute atomic E-state index is 13.2. The molecule has 1 aliphatic rings. The van der Waals surface area contributed by atoms with Crippen LogP contribution in [0.3, 0.4) is 0 Å². The second-order valence-corrected chi connectivity index (χ2v) is 8.66. The Morgan fingerprint density at radius 1 is 0.824 bits per heavy atom. The van der Waals surface area contributed by atoms with Crippen molar-refractivity contribution in [2.45, 2.75) is 45.0 Å². The van der Waals surface area contributed by atoms with Gasteiger partial charge in [-0.2, -0.15) is 13.2 Å². The number of hydroxylamine groups is 2. The highest BCUT2D eigenvalue weighted by Gasteiger charge is 2.46. The molecular weight excluding hydrogens is 457 g/mol. The number of hydrogen-bond donors (Lipinski definition) is 1. The molecule has 34 heavy (non-hydrogen) atoms. The lowest BCUT2D eigenvalue weighted by molar-refractivity contribution is -0.176. The zero-order chi connectivity index (χ0) is 25.5. The van der Waals surface area contributed by atoms with Crippen molar-refractivity contribution in [1.82, 2.24) is 10.4 Å². The summed E-state index contributed by atoms with van der Waals surface area (Å²) in [7, 11) is 0. The number of nitrogens with zero attached hydrogens (tertiary/aromatic N) is 1. The fourth-order valence-corrected chi connectivity index (χ4v) is 3.17. The van der Waals surface area contributed by atoms with Crippen molar-refractivity contribution in [2.75, 3.05) is 0 Å². The van der Waals surface area contributed by atoms with E-state index in [0.29, 0.717) is 0 Å². The molecule has 0 saturated carbocycles. The van der Waals surface area contributed by atoms with Crippen LogP contribution in [0.15, 0.2) is 48.5 Å². The van der Waals surface area contributed by atoms with E-state index >= 15 is 0 Å². The van der Waals surface area contributed by atoms with E-state index in [1.165, 1.54) is 24.3 Å². The molecule has 3 amide bonds. The number of amides is 3. The van der Waals surface area contributed by atoms with Crippen molar-refractivity contribution >= 4 is 23.9 Å². The number of hydrogen-bond acceptors (Lipinski definition) is 6. The fraction of sp³-hybridized carbons (Fsp3) is 0.304. The van der Waals surface area contributed by atoms with E-state index in [-0.39, 0.29) is 21.8 Å². The second kappa shape index (κ2) is 8.47. The fourth-order valence-electron chi connectivity index (χ4n) is 3.17. The summed E-state index contributed by atoms with van der Waals surface area (Å²) in [6, 6.07) is 9.18. The molecule has 180 valence electrons. The van der Waals surface area contributed by atoms with Crippen molar-refractivity contribution in [2.24, 2.45) is 0 Å². The van der Waals surface area contributed by atoms with Crippen LogP contribution in [-0.4, -0.2) is 34.5 Å². The number of ether oxygens (including phenoxy) is 1. The van der Waals surface area contributed by atoms with Crippen LogP contribution >= 0.6 is 0 Å². The van der Waals surface area contributed by atoms with Gasteiger partial charge in [-0.05, 0) is 57.5 Å². The van der Waals surface area contributed by atoms with Gasteiger partial charge in [0.1, 0.15) is 5.60 Å². The maximum atomic E-state index is 13.2. The third-order valence-electron chi connectivity index (χ3n) is 4.88. The van der Waals surface area contributed by atoms with E-state index in [1.807, 2.05) is 0 Å². The molecule has 2 aromatic rings. The minimum Gasteiger partial charge on any atom is -0.444 e. The molecule has 8 nitrogen and oxygen atoms in total. The average molecular weight is 478 g/mol. The van der Waals surface area contributed by atoms with E-state index in [0.717, 1.165) is 31.2 Å². The Morgan fingerprint density at radius 2 is 1.29 bits per heavy atom. The van der Waals surface area contributed by atoms with E-state index in [9.17, 15) is 32.3 Å². The maximum Gasteiger partial charge on any atom is 0.416 e. The largest absolute Gasteiger partial charge is 0.444 e. The molecule has 0 bridgehead atoms. The van der Waals surface area contributed by atoms with Gasteiger partial charge in [0.25, 0.3) is 11.8 Å². The highest BCUT2D eigenvalue weighted by molar-refractivity contribution is 6.21. The molecule has 11 heteroatoms. The number of rotatable bonds is 4.